The summed E-state index contributed by atoms with van der Waals surface area (Å²) in [4.78, 5) is 0. The lowest BCUT2D eigenvalue weighted by atomic mass is 10.1. The average molecular weight is 239 g/mol. The molecule has 0 bridgehead atoms. The molecule has 0 unspecified atom stereocenters. The van der Waals surface area contributed by atoms with Crippen molar-refractivity contribution in [3.05, 3.63) is 36.1 Å². The van der Waals surface area contributed by atoms with Gasteiger partial charge in [0.2, 0.25) is 0 Å². The molecule has 0 aliphatic heterocycles. The first-order chi connectivity index (χ1) is 7.90. The van der Waals surface area contributed by atoms with Crippen molar-refractivity contribution in [2.24, 2.45) is 0 Å². The van der Waals surface area contributed by atoms with Crippen LogP contribution in [0.5, 0.6) is 0 Å². The van der Waals surface area contributed by atoms with E-state index in [1.54, 1.807) is 6.26 Å². The normalized spacial score (nSPS) is 11.1. The van der Waals surface area contributed by atoms with Crippen molar-refractivity contribution < 1.29 is 9.15 Å². The molecule has 0 N–H and O–H groups in total. The molecule has 1 aromatic carbocycles. The lowest BCUT2D eigenvalue weighted by Gasteiger charge is -2.03. The minimum Gasteiger partial charge on any atom is -0.464 e. The van der Waals surface area contributed by atoms with E-state index >= 15 is 0 Å². The molecule has 2 aromatic rings. The summed E-state index contributed by atoms with van der Waals surface area (Å²) in [5.74, 6) is 0.668. The monoisotopic (exact) mass is 238 g/mol. The largest absolute Gasteiger partial charge is 0.464 e. The van der Waals surface area contributed by atoms with Crippen LogP contribution >= 0.6 is 11.6 Å². The molecule has 0 spiro atoms. The molecule has 0 amide bonds. The summed E-state index contributed by atoms with van der Waals surface area (Å²) in [6, 6.07) is 8.21. The highest BCUT2D eigenvalue weighted by Crippen LogP contribution is 2.17. The Morgan fingerprint density at radius 1 is 1.19 bits per heavy atom. The number of benzene rings is 1. The number of hydrogen-bond acceptors (Lipinski definition) is 2. The summed E-state index contributed by atoms with van der Waals surface area (Å²) in [5, 5.41) is 1.15. The molecule has 0 atom stereocenters. The van der Waals surface area contributed by atoms with Gasteiger partial charge in [-0.25, -0.2) is 0 Å². The maximum atomic E-state index is 5.56. The second-order valence-corrected chi connectivity index (χ2v) is 4.08. The molecule has 0 radical (unpaired) electrons. The van der Waals surface area contributed by atoms with Gasteiger partial charge in [-0.3, -0.25) is 0 Å². The van der Waals surface area contributed by atoms with Crippen LogP contribution in [0.25, 0.3) is 11.0 Å². The number of fused-ring (bicyclic) bond motifs is 1. The van der Waals surface area contributed by atoms with E-state index in [1.165, 1.54) is 5.56 Å². The summed E-state index contributed by atoms with van der Waals surface area (Å²) in [6.07, 6.45) is 3.57. The summed E-state index contributed by atoms with van der Waals surface area (Å²) in [6.45, 7) is 1.50. The van der Waals surface area contributed by atoms with Crippen molar-refractivity contribution in [3.8, 4) is 0 Å². The molecule has 16 heavy (non-hydrogen) atoms. The van der Waals surface area contributed by atoms with Gasteiger partial charge in [-0.15, -0.1) is 11.6 Å². The van der Waals surface area contributed by atoms with Crippen molar-refractivity contribution in [3.63, 3.8) is 0 Å². The van der Waals surface area contributed by atoms with Crippen LogP contribution in [-0.4, -0.2) is 19.1 Å². The van der Waals surface area contributed by atoms with Gasteiger partial charge in [-0.2, -0.15) is 0 Å². The van der Waals surface area contributed by atoms with Crippen molar-refractivity contribution in [2.45, 2.75) is 12.8 Å². The predicted octanol–water partition coefficient (Wildman–Crippen LogP) is 3.62. The van der Waals surface area contributed by atoms with E-state index in [2.05, 4.69) is 12.1 Å². The average Bonchev–Trinajstić information content (AvgIpc) is 2.76. The standard InChI is InChI=1S/C13H15ClO2/c14-6-1-7-15-8-4-11-2-3-13-12(10-11)5-9-16-13/h2-3,5,9-10H,1,4,6-8H2. The van der Waals surface area contributed by atoms with Gasteiger partial charge in [-0.1, -0.05) is 6.07 Å². The van der Waals surface area contributed by atoms with E-state index in [-0.39, 0.29) is 0 Å². The summed E-state index contributed by atoms with van der Waals surface area (Å²) in [7, 11) is 0. The molecule has 0 aliphatic rings. The zero-order valence-corrected chi connectivity index (χ0v) is 9.87. The van der Waals surface area contributed by atoms with Crippen molar-refractivity contribution in [2.75, 3.05) is 19.1 Å². The Balaban J connectivity index is 1.84. The number of ether oxygens (including phenoxy) is 1. The quantitative estimate of drug-likeness (QED) is 0.567. The summed E-state index contributed by atoms with van der Waals surface area (Å²) < 4.78 is 10.7. The van der Waals surface area contributed by atoms with Crippen LogP contribution in [0.1, 0.15) is 12.0 Å². The highest BCUT2D eigenvalue weighted by Gasteiger charge is 1.99. The molecule has 2 nitrogen and oxygen atoms in total. The fourth-order valence-electron chi connectivity index (χ4n) is 1.62. The Morgan fingerprint density at radius 3 is 3.00 bits per heavy atom. The lowest BCUT2D eigenvalue weighted by Crippen LogP contribution is -2.00. The van der Waals surface area contributed by atoms with Gasteiger partial charge in [0.15, 0.2) is 0 Å². The molecule has 0 saturated carbocycles. The van der Waals surface area contributed by atoms with E-state index in [0.717, 1.165) is 37.0 Å². The predicted molar refractivity (Wildman–Crippen MR) is 66.1 cm³/mol. The highest BCUT2D eigenvalue weighted by atomic mass is 35.5. The van der Waals surface area contributed by atoms with Crippen LogP contribution in [0, 0.1) is 0 Å². The van der Waals surface area contributed by atoms with Crippen LogP contribution < -0.4 is 0 Å². The molecule has 0 fully saturated rings. The molecule has 0 saturated heterocycles. The van der Waals surface area contributed by atoms with E-state index in [4.69, 9.17) is 20.8 Å². The SMILES string of the molecule is ClCCCOCCc1ccc2occc2c1. The number of furan rings is 1. The molecule has 0 aliphatic carbocycles. The number of alkyl halides is 1. The second-order valence-electron chi connectivity index (χ2n) is 3.70. The Bertz CT molecular complexity index is 436. The van der Waals surface area contributed by atoms with Gasteiger partial charge < -0.3 is 9.15 Å². The smallest absolute Gasteiger partial charge is 0.133 e. The van der Waals surface area contributed by atoms with Crippen LogP contribution in [0.15, 0.2) is 34.9 Å². The molecular formula is C13H15ClO2. The fraction of sp³-hybridized carbons (Fsp3) is 0.385. The van der Waals surface area contributed by atoms with Crippen LogP contribution in [0.4, 0.5) is 0 Å². The molecular weight excluding hydrogens is 224 g/mol. The van der Waals surface area contributed by atoms with E-state index in [9.17, 15) is 0 Å². The van der Waals surface area contributed by atoms with Gasteiger partial charge in [0.1, 0.15) is 5.58 Å². The molecule has 2 rings (SSSR count). The minimum atomic E-state index is 0.668. The van der Waals surface area contributed by atoms with Crippen molar-refractivity contribution in [1.29, 1.82) is 0 Å². The third kappa shape index (κ3) is 3.00. The maximum absolute atomic E-state index is 5.56. The second kappa shape index (κ2) is 5.92. The van der Waals surface area contributed by atoms with Gasteiger partial charge in [0, 0.05) is 17.9 Å². The zero-order valence-electron chi connectivity index (χ0n) is 9.12. The maximum Gasteiger partial charge on any atom is 0.133 e. The van der Waals surface area contributed by atoms with Crippen LogP contribution in [-0.2, 0) is 11.2 Å². The zero-order chi connectivity index (χ0) is 11.2. The third-order valence-corrected chi connectivity index (χ3v) is 2.74. The molecule has 86 valence electrons. The molecule has 1 aromatic heterocycles. The third-order valence-electron chi connectivity index (χ3n) is 2.47. The first kappa shape index (κ1) is 11.5. The van der Waals surface area contributed by atoms with Gasteiger partial charge >= 0.3 is 0 Å². The summed E-state index contributed by atoms with van der Waals surface area (Å²) in [5.41, 5.74) is 2.21. The summed E-state index contributed by atoms with van der Waals surface area (Å²) >= 11 is 5.56. The van der Waals surface area contributed by atoms with E-state index in [0.29, 0.717) is 5.88 Å². The molecule has 1 heterocycles. The Hall–Kier alpha value is -0.990. The van der Waals surface area contributed by atoms with E-state index in [1.807, 2.05) is 12.1 Å². The van der Waals surface area contributed by atoms with E-state index < -0.39 is 0 Å². The first-order valence-corrected chi connectivity index (χ1v) is 6.03. The minimum absolute atomic E-state index is 0.668. The van der Waals surface area contributed by atoms with Crippen LogP contribution in [0.3, 0.4) is 0 Å². The van der Waals surface area contributed by atoms with Crippen molar-refractivity contribution >= 4 is 22.6 Å². The first-order valence-electron chi connectivity index (χ1n) is 5.50. The lowest BCUT2D eigenvalue weighted by molar-refractivity contribution is 0.138. The number of rotatable bonds is 6. The number of hydrogen-bond donors (Lipinski definition) is 0. The van der Waals surface area contributed by atoms with Gasteiger partial charge in [0.25, 0.3) is 0 Å². The highest BCUT2D eigenvalue weighted by molar-refractivity contribution is 6.17. The Kier molecular flexibility index (Phi) is 4.25. The van der Waals surface area contributed by atoms with Gasteiger partial charge in [0.05, 0.1) is 12.9 Å². The Morgan fingerprint density at radius 2 is 2.12 bits per heavy atom. The van der Waals surface area contributed by atoms with Gasteiger partial charge in [-0.05, 0) is 36.6 Å². The van der Waals surface area contributed by atoms with Crippen LogP contribution in [0.2, 0.25) is 0 Å². The Labute approximate surface area is 100 Å². The fourth-order valence-corrected chi connectivity index (χ4v) is 1.73. The number of halogens is 1. The molecule has 3 heteroatoms. The van der Waals surface area contributed by atoms with Crippen molar-refractivity contribution in [1.82, 2.24) is 0 Å². The topological polar surface area (TPSA) is 22.4 Å².